The SMILES string of the molecule is CN1C=CC(C(F)F)N1C(N)=O. The van der Waals surface area contributed by atoms with Crippen molar-refractivity contribution < 1.29 is 13.6 Å². The van der Waals surface area contributed by atoms with Crippen LogP contribution >= 0.6 is 0 Å². The molecule has 0 radical (unpaired) electrons. The average molecular weight is 177 g/mol. The summed E-state index contributed by atoms with van der Waals surface area (Å²) in [5.41, 5.74) is 4.89. The van der Waals surface area contributed by atoms with Crippen LogP contribution < -0.4 is 5.73 Å². The Morgan fingerprint density at radius 1 is 1.67 bits per heavy atom. The van der Waals surface area contributed by atoms with Gasteiger partial charge in [-0.3, -0.25) is 5.01 Å². The fraction of sp³-hybridized carbons (Fsp3) is 0.500. The highest BCUT2D eigenvalue weighted by molar-refractivity contribution is 5.72. The van der Waals surface area contributed by atoms with Crippen molar-refractivity contribution in [3.63, 3.8) is 0 Å². The van der Waals surface area contributed by atoms with Crippen LogP contribution in [0.25, 0.3) is 0 Å². The van der Waals surface area contributed by atoms with Gasteiger partial charge < -0.3 is 5.73 Å². The van der Waals surface area contributed by atoms with E-state index in [0.717, 1.165) is 5.01 Å². The van der Waals surface area contributed by atoms with Gasteiger partial charge in [0.1, 0.15) is 6.04 Å². The van der Waals surface area contributed by atoms with Gasteiger partial charge in [0.25, 0.3) is 6.43 Å². The topological polar surface area (TPSA) is 49.6 Å². The first kappa shape index (κ1) is 8.76. The van der Waals surface area contributed by atoms with E-state index in [0.29, 0.717) is 0 Å². The third-order valence-electron chi connectivity index (χ3n) is 1.61. The van der Waals surface area contributed by atoms with Crippen LogP contribution in [0.5, 0.6) is 0 Å². The Morgan fingerprint density at radius 3 is 2.58 bits per heavy atom. The Balaban J connectivity index is 2.76. The summed E-state index contributed by atoms with van der Waals surface area (Å²) in [5.74, 6) is 0. The van der Waals surface area contributed by atoms with Gasteiger partial charge in [0.15, 0.2) is 0 Å². The smallest absolute Gasteiger partial charge is 0.334 e. The second kappa shape index (κ2) is 2.96. The number of urea groups is 1. The second-order valence-electron chi connectivity index (χ2n) is 2.42. The lowest BCUT2D eigenvalue weighted by Gasteiger charge is -2.28. The van der Waals surface area contributed by atoms with Crippen LogP contribution in [0.1, 0.15) is 0 Å². The minimum atomic E-state index is -2.61. The number of nitrogens with two attached hydrogens (primary N) is 1. The summed E-state index contributed by atoms with van der Waals surface area (Å²) in [6.07, 6.45) is -0.00417. The van der Waals surface area contributed by atoms with Crippen LogP contribution in [-0.4, -0.2) is 35.6 Å². The molecule has 68 valence electrons. The van der Waals surface area contributed by atoms with Crippen molar-refractivity contribution in [2.45, 2.75) is 12.5 Å². The molecular weight excluding hydrogens is 168 g/mol. The molecule has 1 rings (SSSR count). The summed E-state index contributed by atoms with van der Waals surface area (Å²) in [6.45, 7) is 0. The number of hydrogen-bond donors (Lipinski definition) is 1. The zero-order valence-corrected chi connectivity index (χ0v) is 6.45. The van der Waals surface area contributed by atoms with E-state index in [4.69, 9.17) is 5.73 Å². The first-order chi connectivity index (χ1) is 5.54. The van der Waals surface area contributed by atoms with Crippen LogP contribution in [0.2, 0.25) is 0 Å². The van der Waals surface area contributed by atoms with Crippen LogP contribution in [0.3, 0.4) is 0 Å². The Labute approximate surface area is 68.2 Å². The van der Waals surface area contributed by atoms with Crippen molar-refractivity contribution in [1.29, 1.82) is 0 Å². The molecule has 0 fully saturated rings. The number of hydrazine groups is 1. The number of alkyl halides is 2. The highest BCUT2D eigenvalue weighted by atomic mass is 19.3. The van der Waals surface area contributed by atoms with Crippen molar-refractivity contribution in [2.75, 3.05) is 7.05 Å². The van der Waals surface area contributed by atoms with Gasteiger partial charge in [-0.1, -0.05) is 0 Å². The number of carbonyl (C=O) groups is 1. The van der Waals surface area contributed by atoms with E-state index in [9.17, 15) is 13.6 Å². The summed E-state index contributed by atoms with van der Waals surface area (Å²) in [6, 6.07) is -2.11. The van der Waals surface area contributed by atoms with Crippen LogP contribution in [0.4, 0.5) is 13.6 Å². The van der Waals surface area contributed by atoms with Crippen LogP contribution in [0, 0.1) is 0 Å². The Hall–Kier alpha value is -1.33. The number of hydrogen-bond acceptors (Lipinski definition) is 2. The summed E-state index contributed by atoms with van der Waals surface area (Å²) in [7, 11) is 1.48. The molecule has 1 unspecified atom stereocenters. The van der Waals surface area contributed by atoms with Crippen LogP contribution in [-0.2, 0) is 0 Å². The lowest BCUT2D eigenvalue weighted by atomic mass is 10.3. The number of primary amides is 1. The monoisotopic (exact) mass is 177 g/mol. The van der Waals surface area contributed by atoms with E-state index in [1.165, 1.54) is 24.3 Å². The third kappa shape index (κ3) is 1.32. The molecule has 6 heteroatoms. The number of amides is 2. The molecule has 1 atom stereocenters. The second-order valence-corrected chi connectivity index (χ2v) is 2.42. The highest BCUT2D eigenvalue weighted by Crippen LogP contribution is 2.18. The summed E-state index contributed by atoms with van der Waals surface area (Å²) >= 11 is 0. The van der Waals surface area contributed by atoms with Gasteiger partial charge in [0.05, 0.1) is 0 Å². The first-order valence-corrected chi connectivity index (χ1v) is 3.32. The Morgan fingerprint density at radius 2 is 2.25 bits per heavy atom. The van der Waals surface area contributed by atoms with Crippen molar-refractivity contribution in [2.24, 2.45) is 5.73 Å². The summed E-state index contributed by atoms with van der Waals surface area (Å²) < 4.78 is 24.4. The summed E-state index contributed by atoms with van der Waals surface area (Å²) in [5, 5.41) is 2.03. The highest BCUT2D eigenvalue weighted by Gasteiger charge is 2.33. The largest absolute Gasteiger partial charge is 0.350 e. The van der Waals surface area contributed by atoms with E-state index >= 15 is 0 Å². The average Bonchev–Trinajstić information content (AvgIpc) is 2.30. The molecule has 2 N–H and O–H groups in total. The predicted octanol–water partition coefficient (Wildman–Crippen LogP) is 0.375. The Kier molecular flexibility index (Phi) is 2.16. The first-order valence-electron chi connectivity index (χ1n) is 3.32. The molecule has 0 bridgehead atoms. The predicted molar refractivity (Wildman–Crippen MR) is 38.1 cm³/mol. The maximum atomic E-state index is 12.2. The van der Waals surface area contributed by atoms with E-state index in [1.807, 2.05) is 0 Å². The standard InChI is InChI=1S/C6H9F2N3O/c1-10-3-2-4(5(7)8)11(10)6(9)12/h2-5H,1H3,(H2,9,12). The minimum absolute atomic E-state index is 0.796. The molecule has 4 nitrogen and oxygen atoms in total. The van der Waals surface area contributed by atoms with E-state index in [-0.39, 0.29) is 0 Å². The van der Waals surface area contributed by atoms with Crippen LogP contribution in [0.15, 0.2) is 12.3 Å². The zero-order chi connectivity index (χ0) is 9.30. The minimum Gasteiger partial charge on any atom is -0.350 e. The fourth-order valence-electron chi connectivity index (χ4n) is 1.07. The quantitative estimate of drug-likeness (QED) is 0.629. The number of carbonyl (C=O) groups excluding carboxylic acids is 1. The van der Waals surface area contributed by atoms with Gasteiger partial charge in [-0.25, -0.2) is 18.6 Å². The lowest BCUT2D eigenvalue weighted by molar-refractivity contribution is 0.00535. The molecule has 0 aromatic heterocycles. The summed E-state index contributed by atoms with van der Waals surface area (Å²) in [4.78, 5) is 10.7. The van der Waals surface area contributed by atoms with Gasteiger partial charge in [-0.05, 0) is 6.08 Å². The molecular formula is C6H9F2N3O. The zero-order valence-electron chi connectivity index (χ0n) is 6.45. The van der Waals surface area contributed by atoms with Crippen molar-refractivity contribution in [3.8, 4) is 0 Å². The molecule has 0 saturated heterocycles. The van der Waals surface area contributed by atoms with Gasteiger partial charge in [-0.15, -0.1) is 0 Å². The third-order valence-corrected chi connectivity index (χ3v) is 1.61. The lowest BCUT2D eigenvalue weighted by Crippen LogP contribution is -2.49. The molecule has 0 saturated carbocycles. The number of halogens is 2. The van der Waals surface area contributed by atoms with E-state index in [1.54, 1.807) is 0 Å². The molecule has 1 heterocycles. The molecule has 1 aliphatic rings. The molecule has 0 aromatic carbocycles. The Bertz CT molecular complexity index is 219. The van der Waals surface area contributed by atoms with Gasteiger partial charge in [-0.2, -0.15) is 0 Å². The molecule has 1 aliphatic heterocycles. The molecule has 0 aromatic rings. The van der Waals surface area contributed by atoms with E-state index < -0.39 is 18.5 Å². The van der Waals surface area contributed by atoms with Crippen molar-refractivity contribution in [1.82, 2.24) is 10.0 Å². The van der Waals surface area contributed by atoms with Gasteiger partial charge >= 0.3 is 6.03 Å². The molecule has 2 amide bonds. The van der Waals surface area contributed by atoms with Crippen molar-refractivity contribution in [3.05, 3.63) is 12.3 Å². The number of nitrogens with zero attached hydrogens (tertiary/aromatic N) is 2. The van der Waals surface area contributed by atoms with Gasteiger partial charge in [0.2, 0.25) is 0 Å². The molecule has 0 spiro atoms. The maximum absolute atomic E-state index is 12.2. The fourth-order valence-corrected chi connectivity index (χ4v) is 1.07. The number of rotatable bonds is 1. The molecule has 0 aliphatic carbocycles. The maximum Gasteiger partial charge on any atom is 0.334 e. The molecule has 12 heavy (non-hydrogen) atoms. The van der Waals surface area contributed by atoms with E-state index in [2.05, 4.69) is 0 Å². The normalized spacial score (nSPS) is 22.5. The van der Waals surface area contributed by atoms with Crippen molar-refractivity contribution >= 4 is 6.03 Å². The van der Waals surface area contributed by atoms with Gasteiger partial charge in [0, 0.05) is 13.2 Å².